The van der Waals surface area contributed by atoms with Crippen molar-refractivity contribution in [3.63, 3.8) is 0 Å². The molecule has 1 saturated carbocycles. The standard InChI is InChI=1S/C29H31N3O5/c1-17-28(18(2)37-31-17)24-14-20-13-23(26(34)12-19-7-9-22(33)10-8-19)29(35)32(25(20)15-27(24)36-3)16-21-6-4-5-11-30-21/h4-6,11,13-15,19,22,33H,7-10,12,16H2,1-3H3. The number of Topliss-reactive ketones (excluding diaryl/α,β-unsaturated/α-hetero) is 1. The second kappa shape index (κ2) is 10.3. The minimum absolute atomic E-state index is 0.169. The Labute approximate surface area is 214 Å². The molecule has 5 rings (SSSR count). The Morgan fingerprint density at radius 2 is 1.95 bits per heavy atom. The van der Waals surface area contributed by atoms with Crippen molar-refractivity contribution in [1.82, 2.24) is 14.7 Å². The van der Waals surface area contributed by atoms with Gasteiger partial charge >= 0.3 is 0 Å². The van der Waals surface area contributed by atoms with Gasteiger partial charge in [0.2, 0.25) is 0 Å². The number of fused-ring (bicyclic) bond motifs is 1. The fourth-order valence-electron chi connectivity index (χ4n) is 5.37. The van der Waals surface area contributed by atoms with Gasteiger partial charge in [-0.3, -0.25) is 14.6 Å². The zero-order valence-corrected chi connectivity index (χ0v) is 21.4. The Kier molecular flexibility index (Phi) is 6.93. The van der Waals surface area contributed by atoms with E-state index in [2.05, 4.69) is 10.1 Å². The summed E-state index contributed by atoms with van der Waals surface area (Å²) in [7, 11) is 1.59. The predicted octanol–water partition coefficient (Wildman–Crippen LogP) is 4.85. The second-order valence-corrected chi connectivity index (χ2v) is 9.88. The molecule has 8 heteroatoms. The molecule has 3 aromatic heterocycles. The number of aromatic nitrogens is 3. The number of aryl methyl sites for hydroxylation is 2. The molecule has 0 unspecified atom stereocenters. The van der Waals surface area contributed by atoms with Crippen molar-refractivity contribution < 1.29 is 19.2 Å². The van der Waals surface area contributed by atoms with Crippen LogP contribution in [0, 0.1) is 19.8 Å². The van der Waals surface area contributed by atoms with E-state index in [1.54, 1.807) is 23.9 Å². The SMILES string of the molecule is COc1cc2c(cc1-c1c(C)noc1C)cc(C(=O)CC1CCC(O)CC1)c(=O)n2Cc1ccccn1. The van der Waals surface area contributed by atoms with Crippen LogP contribution in [-0.2, 0) is 6.54 Å². The van der Waals surface area contributed by atoms with E-state index in [0.29, 0.717) is 42.0 Å². The maximum atomic E-state index is 13.8. The van der Waals surface area contributed by atoms with Crippen molar-refractivity contribution in [2.75, 3.05) is 7.11 Å². The number of carbonyl (C=O) groups is 1. The highest BCUT2D eigenvalue weighted by Gasteiger charge is 2.25. The van der Waals surface area contributed by atoms with Crippen LogP contribution in [-0.4, -0.2) is 38.8 Å². The number of hydrogen-bond donors (Lipinski definition) is 1. The summed E-state index contributed by atoms with van der Waals surface area (Å²) >= 11 is 0. The smallest absolute Gasteiger partial charge is 0.262 e. The number of ketones is 1. The maximum absolute atomic E-state index is 13.8. The number of pyridine rings is 2. The minimum Gasteiger partial charge on any atom is -0.496 e. The number of ether oxygens (including phenoxy) is 1. The molecular formula is C29H31N3O5. The van der Waals surface area contributed by atoms with E-state index in [1.165, 1.54) is 0 Å². The van der Waals surface area contributed by atoms with Crippen molar-refractivity contribution in [2.45, 2.75) is 58.6 Å². The van der Waals surface area contributed by atoms with E-state index in [1.807, 2.05) is 44.2 Å². The van der Waals surface area contributed by atoms with E-state index in [9.17, 15) is 14.7 Å². The van der Waals surface area contributed by atoms with Crippen LogP contribution in [0.4, 0.5) is 0 Å². The van der Waals surface area contributed by atoms with E-state index < -0.39 is 0 Å². The van der Waals surface area contributed by atoms with Crippen molar-refractivity contribution in [3.8, 4) is 16.9 Å². The molecule has 0 aliphatic heterocycles. The summed E-state index contributed by atoms with van der Waals surface area (Å²) < 4.78 is 12.7. The topological polar surface area (TPSA) is 107 Å². The van der Waals surface area contributed by atoms with Crippen LogP contribution < -0.4 is 10.3 Å². The van der Waals surface area contributed by atoms with Gasteiger partial charge in [0.15, 0.2) is 5.78 Å². The molecule has 0 amide bonds. The average Bonchev–Trinajstić information content (AvgIpc) is 3.24. The van der Waals surface area contributed by atoms with Crippen molar-refractivity contribution in [1.29, 1.82) is 0 Å². The van der Waals surface area contributed by atoms with Crippen LogP contribution in [0.1, 0.15) is 59.6 Å². The molecule has 0 radical (unpaired) electrons. The number of hydrogen-bond acceptors (Lipinski definition) is 7. The Bertz CT molecular complexity index is 1480. The lowest BCUT2D eigenvalue weighted by molar-refractivity contribution is 0.0858. The first-order chi connectivity index (χ1) is 17.9. The molecule has 37 heavy (non-hydrogen) atoms. The van der Waals surface area contributed by atoms with E-state index in [4.69, 9.17) is 9.26 Å². The minimum atomic E-state index is -0.342. The summed E-state index contributed by atoms with van der Waals surface area (Å²) in [6, 6.07) is 11.0. The number of nitrogens with zero attached hydrogens (tertiary/aromatic N) is 3. The molecular weight excluding hydrogens is 470 g/mol. The van der Waals surface area contributed by atoms with Gasteiger partial charge in [-0.15, -0.1) is 0 Å². The Hall–Kier alpha value is -3.78. The lowest BCUT2D eigenvalue weighted by Crippen LogP contribution is -2.29. The summed E-state index contributed by atoms with van der Waals surface area (Å²) in [5.74, 6) is 1.24. The van der Waals surface area contributed by atoms with Crippen molar-refractivity contribution in [2.24, 2.45) is 5.92 Å². The van der Waals surface area contributed by atoms with E-state index in [-0.39, 0.29) is 35.5 Å². The van der Waals surface area contributed by atoms with Crippen LogP contribution in [0.15, 0.2) is 51.9 Å². The van der Waals surface area contributed by atoms with Gasteiger partial charge < -0.3 is 18.9 Å². The molecule has 8 nitrogen and oxygen atoms in total. The average molecular weight is 502 g/mol. The van der Waals surface area contributed by atoms with Crippen LogP contribution in [0.2, 0.25) is 0 Å². The lowest BCUT2D eigenvalue weighted by atomic mass is 9.83. The molecule has 1 aliphatic rings. The molecule has 1 aliphatic carbocycles. The van der Waals surface area contributed by atoms with Crippen LogP contribution >= 0.6 is 0 Å². The molecule has 0 atom stereocenters. The van der Waals surface area contributed by atoms with Gasteiger partial charge in [0.25, 0.3) is 5.56 Å². The zero-order chi connectivity index (χ0) is 26.1. The molecule has 1 aromatic carbocycles. The second-order valence-electron chi connectivity index (χ2n) is 9.88. The normalized spacial score (nSPS) is 17.7. The fourth-order valence-corrected chi connectivity index (χ4v) is 5.37. The Balaban J connectivity index is 1.66. The first-order valence-electron chi connectivity index (χ1n) is 12.7. The molecule has 3 heterocycles. The third kappa shape index (κ3) is 4.93. The number of methoxy groups -OCH3 is 1. The predicted molar refractivity (Wildman–Crippen MR) is 140 cm³/mol. The number of carbonyl (C=O) groups excluding carboxylic acids is 1. The molecule has 4 aromatic rings. The first kappa shape index (κ1) is 24.9. The summed E-state index contributed by atoms with van der Waals surface area (Å²) in [6.45, 7) is 3.94. The maximum Gasteiger partial charge on any atom is 0.262 e. The van der Waals surface area contributed by atoms with Crippen LogP contribution in [0.25, 0.3) is 22.0 Å². The highest BCUT2D eigenvalue weighted by Crippen LogP contribution is 2.38. The van der Waals surface area contributed by atoms with Gasteiger partial charge in [-0.05, 0) is 69.7 Å². The highest BCUT2D eigenvalue weighted by molar-refractivity contribution is 6.00. The number of benzene rings is 1. The van der Waals surface area contributed by atoms with Gasteiger partial charge in [0.1, 0.15) is 11.5 Å². The highest BCUT2D eigenvalue weighted by atomic mass is 16.5. The number of aliphatic hydroxyl groups excluding tert-OH is 1. The largest absolute Gasteiger partial charge is 0.496 e. The quantitative estimate of drug-likeness (QED) is 0.361. The van der Waals surface area contributed by atoms with Crippen LogP contribution in [0.5, 0.6) is 5.75 Å². The summed E-state index contributed by atoms with van der Waals surface area (Å²) in [5, 5.41) is 14.7. The fraction of sp³-hybridized carbons (Fsp3) is 0.379. The molecule has 1 N–H and O–H groups in total. The van der Waals surface area contributed by atoms with Crippen molar-refractivity contribution in [3.05, 3.63) is 75.7 Å². The molecule has 1 fully saturated rings. The molecule has 0 bridgehead atoms. The summed E-state index contributed by atoms with van der Waals surface area (Å²) in [4.78, 5) is 31.6. The van der Waals surface area contributed by atoms with Gasteiger partial charge in [-0.25, -0.2) is 0 Å². The Morgan fingerprint density at radius 3 is 2.59 bits per heavy atom. The van der Waals surface area contributed by atoms with E-state index in [0.717, 1.165) is 35.0 Å². The monoisotopic (exact) mass is 501 g/mol. The Morgan fingerprint density at radius 1 is 1.16 bits per heavy atom. The summed E-state index contributed by atoms with van der Waals surface area (Å²) in [6.07, 6.45) is 4.65. The summed E-state index contributed by atoms with van der Waals surface area (Å²) in [5.41, 5.74) is 3.54. The lowest BCUT2D eigenvalue weighted by Gasteiger charge is -2.24. The van der Waals surface area contributed by atoms with Gasteiger partial charge in [-0.2, -0.15) is 0 Å². The number of aliphatic hydroxyl groups is 1. The molecule has 0 saturated heterocycles. The van der Waals surface area contributed by atoms with Gasteiger partial charge in [-0.1, -0.05) is 11.2 Å². The van der Waals surface area contributed by atoms with Crippen molar-refractivity contribution >= 4 is 16.7 Å². The third-order valence-electron chi connectivity index (χ3n) is 7.35. The van der Waals surface area contributed by atoms with E-state index >= 15 is 0 Å². The first-order valence-corrected chi connectivity index (χ1v) is 12.7. The van der Waals surface area contributed by atoms with Gasteiger partial charge in [0.05, 0.1) is 47.8 Å². The molecule has 192 valence electrons. The van der Waals surface area contributed by atoms with Crippen LogP contribution in [0.3, 0.4) is 0 Å². The zero-order valence-electron chi connectivity index (χ0n) is 21.4. The van der Waals surface area contributed by atoms with Gasteiger partial charge in [0, 0.05) is 29.6 Å². The molecule has 0 spiro atoms. The number of rotatable bonds is 7. The third-order valence-corrected chi connectivity index (χ3v) is 7.35.